The summed E-state index contributed by atoms with van der Waals surface area (Å²) in [5, 5.41) is 3.83. The largest absolute Gasteiger partial charge is 0.471 e. The van der Waals surface area contributed by atoms with Crippen molar-refractivity contribution in [3.63, 3.8) is 0 Å². The Morgan fingerprint density at radius 2 is 1.89 bits per heavy atom. The molecule has 0 bridgehead atoms. The summed E-state index contributed by atoms with van der Waals surface area (Å²) in [5.41, 5.74) is -0.0732. The summed E-state index contributed by atoms with van der Waals surface area (Å²) in [6.45, 7) is 0. The number of ketones is 1. The van der Waals surface area contributed by atoms with Crippen LogP contribution in [0.4, 0.5) is 24.5 Å². The maximum absolute atomic E-state index is 12.0. The van der Waals surface area contributed by atoms with E-state index in [4.69, 9.17) is 0 Å². The summed E-state index contributed by atoms with van der Waals surface area (Å²) < 4.78 is 36.0. The van der Waals surface area contributed by atoms with Crippen LogP contribution in [-0.2, 0) is 9.59 Å². The van der Waals surface area contributed by atoms with Gasteiger partial charge in [-0.3, -0.25) is 14.4 Å². The second-order valence-corrected chi connectivity index (χ2v) is 3.50. The fraction of sp³-hybridized carbons (Fsp3) is 0.100. The van der Waals surface area contributed by atoms with Gasteiger partial charge >= 0.3 is 12.1 Å². The molecule has 0 aromatic heterocycles. The van der Waals surface area contributed by atoms with Crippen molar-refractivity contribution in [1.82, 2.24) is 0 Å². The minimum absolute atomic E-state index is 0.0695. The van der Waals surface area contributed by atoms with E-state index in [1.807, 2.05) is 0 Å². The normalized spacial score (nSPS) is 14.2. The summed E-state index contributed by atoms with van der Waals surface area (Å²) >= 11 is 0. The molecular formula is C10H5F3N2O3. The molecule has 0 aliphatic carbocycles. The first kappa shape index (κ1) is 12.1. The molecule has 1 aliphatic rings. The zero-order valence-electron chi connectivity index (χ0n) is 8.59. The number of fused-ring (bicyclic) bond motifs is 1. The molecule has 18 heavy (non-hydrogen) atoms. The van der Waals surface area contributed by atoms with Crippen molar-refractivity contribution in [3.05, 3.63) is 23.8 Å². The first-order valence-corrected chi connectivity index (χ1v) is 4.67. The monoisotopic (exact) mass is 258 g/mol. The Morgan fingerprint density at radius 1 is 1.22 bits per heavy atom. The van der Waals surface area contributed by atoms with E-state index in [2.05, 4.69) is 5.32 Å². The smallest absolute Gasteiger partial charge is 0.318 e. The Kier molecular flexibility index (Phi) is 2.57. The Bertz CT molecular complexity index is 566. The molecule has 1 aromatic rings. The lowest BCUT2D eigenvalue weighted by molar-refractivity contribution is -0.167. The minimum atomic E-state index is -5.02. The number of hydrogen-bond acceptors (Lipinski definition) is 3. The van der Waals surface area contributed by atoms with Gasteiger partial charge in [0, 0.05) is 5.69 Å². The van der Waals surface area contributed by atoms with E-state index in [0.29, 0.717) is 0 Å². The van der Waals surface area contributed by atoms with Crippen molar-refractivity contribution in [2.24, 2.45) is 0 Å². The van der Waals surface area contributed by atoms with Gasteiger partial charge in [0.2, 0.25) is 0 Å². The standard InChI is InChI=1S/C10H5F3N2O3/c11-10(12,13)9(18)14-4-1-2-6-5(3-4)7(16)8(17)15-6/h1-3H,(H,14,18)(H,15,16,17). The third-order valence-corrected chi connectivity index (χ3v) is 2.23. The quantitative estimate of drug-likeness (QED) is 0.746. The predicted octanol–water partition coefficient (Wildman–Crippen LogP) is 1.32. The van der Waals surface area contributed by atoms with Gasteiger partial charge < -0.3 is 10.6 Å². The Labute approximate surface area is 98.0 Å². The van der Waals surface area contributed by atoms with E-state index in [1.54, 1.807) is 5.32 Å². The number of alkyl halides is 3. The van der Waals surface area contributed by atoms with Gasteiger partial charge in [-0.05, 0) is 18.2 Å². The third kappa shape index (κ3) is 2.04. The third-order valence-electron chi connectivity index (χ3n) is 2.23. The molecule has 0 saturated heterocycles. The number of hydrogen-bond donors (Lipinski definition) is 2. The molecule has 2 rings (SSSR count). The highest BCUT2D eigenvalue weighted by Gasteiger charge is 2.39. The first-order chi connectivity index (χ1) is 8.29. The molecule has 0 atom stereocenters. The lowest BCUT2D eigenvalue weighted by atomic mass is 10.1. The second-order valence-electron chi connectivity index (χ2n) is 3.50. The summed E-state index contributed by atoms with van der Waals surface area (Å²) in [5.74, 6) is -3.86. The van der Waals surface area contributed by atoms with E-state index in [-0.39, 0.29) is 16.9 Å². The Hall–Kier alpha value is -2.38. The van der Waals surface area contributed by atoms with E-state index in [0.717, 1.165) is 12.1 Å². The Morgan fingerprint density at radius 3 is 2.50 bits per heavy atom. The molecule has 2 amide bonds. The van der Waals surface area contributed by atoms with Crippen LogP contribution in [0, 0.1) is 0 Å². The predicted molar refractivity (Wildman–Crippen MR) is 54.1 cm³/mol. The van der Waals surface area contributed by atoms with Gasteiger partial charge in [0.15, 0.2) is 0 Å². The zero-order valence-corrected chi connectivity index (χ0v) is 8.59. The number of carbonyl (C=O) groups excluding carboxylic acids is 3. The zero-order chi connectivity index (χ0) is 13.5. The van der Waals surface area contributed by atoms with Crippen LogP contribution in [0.25, 0.3) is 0 Å². The van der Waals surface area contributed by atoms with Gasteiger partial charge in [0.05, 0.1) is 11.3 Å². The topological polar surface area (TPSA) is 75.3 Å². The number of rotatable bonds is 1. The van der Waals surface area contributed by atoms with E-state index in [1.165, 1.54) is 6.07 Å². The fourth-order valence-electron chi connectivity index (χ4n) is 1.42. The summed E-state index contributed by atoms with van der Waals surface area (Å²) in [4.78, 5) is 33.0. The van der Waals surface area contributed by atoms with Crippen LogP contribution < -0.4 is 10.6 Å². The van der Waals surface area contributed by atoms with E-state index in [9.17, 15) is 27.6 Å². The number of benzene rings is 1. The summed E-state index contributed by atoms with van der Waals surface area (Å²) in [6, 6.07) is 3.41. The van der Waals surface area contributed by atoms with Crippen molar-refractivity contribution in [2.45, 2.75) is 6.18 Å². The molecule has 0 spiro atoms. The highest BCUT2D eigenvalue weighted by molar-refractivity contribution is 6.51. The maximum atomic E-state index is 12.0. The number of amides is 2. The van der Waals surface area contributed by atoms with Crippen LogP contribution in [0.15, 0.2) is 18.2 Å². The van der Waals surface area contributed by atoms with Crippen LogP contribution in [-0.4, -0.2) is 23.8 Å². The molecule has 1 heterocycles. The van der Waals surface area contributed by atoms with Crippen LogP contribution >= 0.6 is 0 Å². The molecule has 8 heteroatoms. The van der Waals surface area contributed by atoms with E-state index < -0.39 is 23.8 Å². The van der Waals surface area contributed by atoms with Crippen LogP contribution in [0.3, 0.4) is 0 Å². The van der Waals surface area contributed by atoms with Crippen molar-refractivity contribution in [2.75, 3.05) is 10.6 Å². The second kappa shape index (κ2) is 3.83. The SMILES string of the molecule is O=C1Nc2ccc(NC(=O)C(F)(F)F)cc2C1=O. The average molecular weight is 258 g/mol. The molecule has 0 unspecified atom stereocenters. The fourth-order valence-corrected chi connectivity index (χ4v) is 1.42. The highest BCUT2D eigenvalue weighted by Crippen LogP contribution is 2.27. The van der Waals surface area contributed by atoms with Gasteiger partial charge in [-0.2, -0.15) is 13.2 Å². The van der Waals surface area contributed by atoms with Crippen molar-refractivity contribution < 1.29 is 27.6 Å². The lowest BCUT2D eigenvalue weighted by Gasteiger charge is -2.08. The van der Waals surface area contributed by atoms with Gasteiger partial charge in [-0.15, -0.1) is 0 Å². The molecule has 1 aliphatic heterocycles. The summed E-state index contributed by atoms with van der Waals surface area (Å²) in [6.07, 6.45) is -5.02. The van der Waals surface area contributed by atoms with Crippen LogP contribution in [0.2, 0.25) is 0 Å². The van der Waals surface area contributed by atoms with E-state index >= 15 is 0 Å². The molecule has 0 fully saturated rings. The molecule has 0 saturated carbocycles. The molecule has 0 radical (unpaired) electrons. The highest BCUT2D eigenvalue weighted by atomic mass is 19.4. The van der Waals surface area contributed by atoms with Gasteiger partial charge in [-0.1, -0.05) is 0 Å². The molecule has 1 aromatic carbocycles. The number of carbonyl (C=O) groups is 3. The van der Waals surface area contributed by atoms with Crippen molar-refractivity contribution in [1.29, 1.82) is 0 Å². The average Bonchev–Trinajstić information content (AvgIpc) is 2.54. The molecular weight excluding hydrogens is 253 g/mol. The van der Waals surface area contributed by atoms with Gasteiger partial charge in [0.25, 0.3) is 11.7 Å². The van der Waals surface area contributed by atoms with Crippen LogP contribution in [0.5, 0.6) is 0 Å². The van der Waals surface area contributed by atoms with Gasteiger partial charge in [0.1, 0.15) is 0 Å². The van der Waals surface area contributed by atoms with Crippen molar-refractivity contribution in [3.8, 4) is 0 Å². The number of nitrogens with one attached hydrogen (secondary N) is 2. The van der Waals surface area contributed by atoms with Gasteiger partial charge in [-0.25, -0.2) is 0 Å². The maximum Gasteiger partial charge on any atom is 0.471 e. The van der Waals surface area contributed by atoms with Crippen LogP contribution in [0.1, 0.15) is 10.4 Å². The lowest BCUT2D eigenvalue weighted by Crippen LogP contribution is -2.29. The summed E-state index contributed by atoms with van der Waals surface area (Å²) in [7, 11) is 0. The van der Waals surface area contributed by atoms with Crippen molar-refractivity contribution >= 4 is 29.0 Å². The number of halogens is 3. The first-order valence-electron chi connectivity index (χ1n) is 4.67. The minimum Gasteiger partial charge on any atom is -0.318 e. The number of anilines is 2. The number of Topliss-reactive ketones (excluding diaryl/α,β-unsaturated/α-hetero) is 1. The Balaban J connectivity index is 2.26. The molecule has 5 nitrogen and oxygen atoms in total. The molecule has 94 valence electrons. The molecule has 2 N–H and O–H groups in total.